The highest BCUT2D eigenvalue weighted by atomic mass is 19.2. The van der Waals surface area contributed by atoms with E-state index in [1.807, 2.05) is 0 Å². The summed E-state index contributed by atoms with van der Waals surface area (Å²) in [6.45, 7) is 6.84. The minimum atomic E-state index is -2.33. The highest BCUT2D eigenvalue weighted by Crippen LogP contribution is 2.29. The molecule has 2 rings (SSSR count). The molecule has 0 aliphatic carbocycles. The van der Waals surface area contributed by atoms with Crippen LogP contribution in [-0.4, -0.2) is 18.0 Å². The fraction of sp³-hybridized carbons (Fsp3) is 0.316. The molecule has 0 radical (unpaired) electrons. The van der Waals surface area contributed by atoms with E-state index in [0.717, 1.165) is 12.1 Å². The highest BCUT2D eigenvalue weighted by Gasteiger charge is 2.30. The van der Waals surface area contributed by atoms with E-state index in [4.69, 9.17) is 9.47 Å². The van der Waals surface area contributed by atoms with E-state index in [1.54, 1.807) is 27.7 Å². The summed E-state index contributed by atoms with van der Waals surface area (Å²) in [5.41, 5.74) is -1.88. The second-order valence-corrected chi connectivity index (χ2v) is 6.30. The average molecular weight is 388 g/mol. The van der Waals surface area contributed by atoms with E-state index >= 15 is 0 Å². The van der Waals surface area contributed by atoms with Gasteiger partial charge in [0.15, 0.2) is 29.1 Å². The molecule has 0 N–H and O–H groups in total. The molecule has 2 aromatic carbocycles. The van der Waals surface area contributed by atoms with Crippen molar-refractivity contribution in [3.8, 4) is 11.5 Å². The predicted molar refractivity (Wildman–Crippen MR) is 87.6 cm³/mol. The third-order valence-corrected chi connectivity index (χ3v) is 3.32. The lowest BCUT2D eigenvalue weighted by molar-refractivity contribution is 0.102. The van der Waals surface area contributed by atoms with Gasteiger partial charge >= 0.3 is 0 Å². The molecule has 0 saturated carbocycles. The van der Waals surface area contributed by atoms with Gasteiger partial charge in [-0.25, -0.2) is 22.0 Å². The molecule has 0 saturated heterocycles. The van der Waals surface area contributed by atoms with Gasteiger partial charge in [0.05, 0.1) is 12.2 Å². The minimum absolute atomic E-state index is 0.148. The summed E-state index contributed by atoms with van der Waals surface area (Å²) >= 11 is 0. The van der Waals surface area contributed by atoms with Crippen LogP contribution in [0.4, 0.5) is 22.0 Å². The quantitative estimate of drug-likeness (QED) is 0.296. The molecular formula is C19H17F5O3. The summed E-state index contributed by atoms with van der Waals surface area (Å²) in [6.07, 6.45) is -0.590. The molecule has 0 unspecified atom stereocenters. The van der Waals surface area contributed by atoms with Gasteiger partial charge in [0.1, 0.15) is 17.1 Å². The Morgan fingerprint density at radius 2 is 1.07 bits per heavy atom. The maximum atomic E-state index is 14.0. The zero-order chi connectivity index (χ0) is 20.5. The summed E-state index contributed by atoms with van der Waals surface area (Å²) < 4.78 is 78.9. The number of rotatable bonds is 6. The smallest absolute Gasteiger partial charge is 0.200 e. The molecule has 0 aliphatic rings. The van der Waals surface area contributed by atoms with Gasteiger partial charge < -0.3 is 9.47 Å². The monoisotopic (exact) mass is 388 g/mol. The molecule has 3 nitrogen and oxygen atoms in total. The normalized spacial score (nSPS) is 11.2. The number of ketones is 1. The summed E-state index contributed by atoms with van der Waals surface area (Å²) in [5, 5.41) is 0. The molecular weight excluding hydrogens is 371 g/mol. The fourth-order valence-electron chi connectivity index (χ4n) is 2.33. The van der Waals surface area contributed by atoms with E-state index in [9.17, 15) is 26.7 Å². The second-order valence-electron chi connectivity index (χ2n) is 6.30. The van der Waals surface area contributed by atoms with E-state index in [-0.39, 0.29) is 29.3 Å². The zero-order valence-electron chi connectivity index (χ0n) is 15.0. The van der Waals surface area contributed by atoms with Gasteiger partial charge in [-0.15, -0.1) is 0 Å². The Morgan fingerprint density at radius 3 is 1.44 bits per heavy atom. The lowest BCUT2D eigenvalue weighted by Gasteiger charge is -2.16. The van der Waals surface area contributed by atoms with Crippen molar-refractivity contribution in [2.45, 2.75) is 39.9 Å². The second kappa shape index (κ2) is 7.94. The Bertz CT molecular complexity index is 821. The van der Waals surface area contributed by atoms with Gasteiger partial charge in [0.2, 0.25) is 5.82 Å². The summed E-state index contributed by atoms with van der Waals surface area (Å²) in [6, 6.07) is 3.75. The summed E-state index contributed by atoms with van der Waals surface area (Å²) in [7, 11) is 0. The van der Waals surface area contributed by atoms with E-state index in [1.165, 1.54) is 6.07 Å². The van der Waals surface area contributed by atoms with Gasteiger partial charge in [-0.1, -0.05) is 0 Å². The molecule has 146 valence electrons. The molecule has 0 spiro atoms. The van der Waals surface area contributed by atoms with Gasteiger partial charge in [0, 0.05) is 11.6 Å². The fourth-order valence-corrected chi connectivity index (χ4v) is 2.33. The van der Waals surface area contributed by atoms with E-state index in [0.29, 0.717) is 0 Å². The van der Waals surface area contributed by atoms with E-state index < -0.39 is 40.4 Å². The molecule has 0 aromatic heterocycles. The third-order valence-electron chi connectivity index (χ3n) is 3.32. The predicted octanol–water partition coefficient (Wildman–Crippen LogP) is 5.19. The molecule has 27 heavy (non-hydrogen) atoms. The molecule has 0 fully saturated rings. The molecule has 0 amide bonds. The number of carbonyl (C=O) groups excluding carboxylic acids is 1. The first-order valence-electron chi connectivity index (χ1n) is 8.07. The SMILES string of the molecule is CC(C)Oc1cc(OC(C)C)cc(C(=O)c2c(F)c(F)c(F)c(F)c2F)c1. The summed E-state index contributed by atoms with van der Waals surface area (Å²) in [5.74, 6) is -12.2. The van der Waals surface area contributed by atoms with Crippen LogP contribution in [0.3, 0.4) is 0 Å². The first-order chi connectivity index (χ1) is 12.5. The standard InChI is InChI=1S/C19H17F5O3/c1-8(2)26-11-5-10(6-12(7-11)27-9(3)4)19(25)13-14(20)16(22)18(24)17(23)15(13)21/h5-9H,1-4H3. The first kappa shape index (κ1) is 20.7. The van der Waals surface area contributed by atoms with Crippen molar-refractivity contribution in [1.29, 1.82) is 0 Å². The van der Waals surface area contributed by atoms with Crippen LogP contribution >= 0.6 is 0 Å². The Balaban J connectivity index is 2.62. The average Bonchev–Trinajstić information content (AvgIpc) is 2.56. The van der Waals surface area contributed by atoms with Gasteiger partial charge in [-0.05, 0) is 39.8 Å². The number of carbonyl (C=O) groups is 1. The van der Waals surface area contributed by atoms with Crippen molar-refractivity contribution < 1.29 is 36.2 Å². The van der Waals surface area contributed by atoms with Gasteiger partial charge in [-0.3, -0.25) is 4.79 Å². The van der Waals surface area contributed by atoms with Crippen molar-refractivity contribution in [1.82, 2.24) is 0 Å². The van der Waals surface area contributed by atoms with Crippen LogP contribution in [0.2, 0.25) is 0 Å². The zero-order valence-corrected chi connectivity index (χ0v) is 15.0. The number of hydrogen-bond donors (Lipinski definition) is 0. The highest BCUT2D eigenvalue weighted by molar-refractivity contribution is 6.09. The molecule has 0 atom stereocenters. The van der Waals surface area contributed by atoms with Crippen LogP contribution in [0.1, 0.15) is 43.6 Å². The topological polar surface area (TPSA) is 35.5 Å². The number of hydrogen-bond acceptors (Lipinski definition) is 3. The Labute approximate surface area is 152 Å². The minimum Gasteiger partial charge on any atom is -0.491 e. The van der Waals surface area contributed by atoms with Crippen LogP contribution in [0.15, 0.2) is 18.2 Å². The molecule has 8 heteroatoms. The largest absolute Gasteiger partial charge is 0.491 e. The van der Waals surface area contributed by atoms with Crippen LogP contribution in [0.25, 0.3) is 0 Å². The number of halogens is 5. The van der Waals surface area contributed by atoms with Gasteiger partial charge in [0.25, 0.3) is 0 Å². The number of benzene rings is 2. The number of ether oxygens (including phenoxy) is 2. The van der Waals surface area contributed by atoms with Gasteiger partial charge in [-0.2, -0.15) is 0 Å². The Hall–Kier alpha value is -2.64. The molecule has 2 aromatic rings. The molecule has 0 aliphatic heterocycles. The van der Waals surface area contributed by atoms with Crippen molar-refractivity contribution in [2.24, 2.45) is 0 Å². The van der Waals surface area contributed by atoms with E-state index in [2.05, 4.69) is 0 Å². The third kappa shape index (κ3) is 4.37. The van der Waals surface area contributed by atoms with Crippen molar-refractivity contribution >= 4 is 5.78 Å². The van der Waals surface area contributed by atoms with Crippen LogP contribution < -0.4 is 9.47 Å². The molecule has 0 heterocycles. The lowest BCUT2D eigenvalue weighted by Crippen LogP contribution is -2.15. The Morgan fingerprint density at radius 1 is 0.704 bits per heavy atom. The van der Waals surface area contributed by atoms with Crippen LogP contribution in [0.5, 0.6) is 11.5 Å². The van der Waals surface area contributed by atoms with Crippen LogP contribution in [-0.2, 0) is 0 Å². The first-order valence-corrected chi connectivity index (χ1v) is 8.07. The maximum absolute atomic E-state index is 14.0. The van der Waals surface area contributed by atoms with Crippen molar-refractivity contribution in [3.63, 3.8) is 0 Å². The van der Waals surface area contributed by atoms with Crippen LogP contribution in [0, 0.1) is 29.1 Å². The lowest BCUT2D eigenvalue weighted by atomic mass is 10.0. The molecule has 0 bridgehead atoms. The Kier molecular flexibility index (Phi) is 6.08. The van der Waals surface area contributed by atoms with Crippen molar-refractivity contribution in [2.75, 3.05) is 0 Å². The maximum Gasteiger partial charge on any atom is 0.200 e. The summed E-state index contributed by atoms with van der Waals surface area (Å²) in [4.78, 5) is 12.5. The van der Waals surface area contributed by atoms with Crippen molar-refractivity contribution in [3.05, 3.63) is 58.4 Å².